The minimum absolute atomic E-state index is 0.107. The third-order valence-electron chi connectivity index (χ3n) is 6.78. The molecular weight excluding hydrogens is 430 g/mol. The van der Waals surface area contributed by atoms with E-state index in [0.29, 0.717) is 24.9 Å². The average molecular weight is 474 g/mol. The number of hydrogen-bond donors (Lipinski definition) is 1. The molecule has 1 aromatic rings. The zero-order valence-electron chi connectivity index (χ0n) is 21.7. The molecule has 1 aromatic carbocycles. The Morgan fingerprint density at radius 3 is 2.68 bits per heavy atom. The van der Waals surface area contributed by atoms with Gasteiger partial charge < -0.3 is 24.6 Å². The first-order valence-corrected chi connectivity index (χ1v) is 12.9. The highest BCUT2D eigenvalue weighted by Crippen LogP contribution is 2.27. The number of rotatable bonds is 9. The van der Waals surface area contributed by atoms with Crippen LogP contribution in [0.1, 0.15) is 65.0 Å². The lowest BCUT2D eigenvalue weighted by molar-refractivity contribution is -0.132. The number of nitrogens with zero attached hydrogens (tertiary/aromatic N) is 2. The standard InChI is InChI=1S/C27H43N3O4/c1-6-29(20(2)17-22-7-8-24-23(18-22)12-16-33-24)19-21-10-14-30(15-11-21)25(31)9-13-28-26(32)34-27(3,4)5/h7-8,18,20-21H,6,9-17,19H2,1-5H3,(H,28,32)/t20-/m0/s1. The van der Waals surface area contributed by atoms with Crippen LogP contribution >= 0.6 is 0 Å². The Labute approximate surface area is 205 Å². The number of benzene rings is 1. The number of amides is 2. The molecule has 3 rings (SSSR count). The van der Waals surface area contributed by atoms with Gasteiger partial charge in [0.2, 0.25) is 5.91 Å². The molecule has 2 heterocycles. The fraction of sp³-hybridized carbons (Fsp3) is 0.704. The van der Waals surface area contributed by atoms with E-state index in [4.69, 9.17) is 9.47 Å². The predicted molar refractivity (Wildman–Crippen MR) is 134 cm³/mol. The maximum absolute atomic E-state index is 12.6. The van der Waals surface area contributed by atoms with Gasteiger partial charge in [-0.3, -0.25) is 4.79 Å². The van der Waals surface area contributed by atoms with Crippen molar-refractivity contribution < 1.29 is 19.1 Å². The van der Waals surface area contributed by atoms with Crippen molar-refractivity contribution in [3.8, 4) is 5.75 Å². The Hall–Kier alpha value is -2.28. The van der Waals surface area contributed by atoms with Gasteiger partial charge in [0.1, 0.15) is 11.4 Å². The number of ether oxygens (including phenoxy) is 2. The third-order valence-corrected chi connectivity index (χ3v) is 6.78. The number of likely N-dealkylation sites (N-methyl/N-ethyl adjacent to an activating group) is 1. The number of nitrogens with one attached hydrogen (secondary N) is 1. The molecule has 1 fully saturated rings. The summed E-state index contributed by atoms with van der Waals surface area (Å²) >= 11 is 0. The van der Waals surface area contributed by atoms with E-state index in [0.717, 1.165) is 64.2 Å². The molecule has 2 aliphatic rings. The molecule has 0 aromatic heterocycles. The molecule has 0 radical (unpaired) electrons. The van der Waals surface area contributed by atoms with Gasteiger partial charge in [-0.05, 0) is 76.6 Å². The summed E-state index contributed by atoms with van der Waals surface area (Å²) in [5.41, 5.74) is 2.19. The van der Waals surface area contributed by atoms with Gasteiger partial charge in [-0.1, -0.05) is 19.1 Å². The molecule has 1 N–H and O–H groups in total. The van der Waals surface area contributed by atoms with E-state index in [1.165, 1.54) is 11.1 Å². The van der Waals surface area contributed by atoms with E-state index in [1.807, 2.05) is 25.7 Å². The Morgan fingerprint density at radius 1 is 1.26 bits per heavy atom. The minimum Gasteiger partial charge on any atom is -0.493 e. The number of carbonyl (C=O) groups is 2. The van der Waals surface area contributed by atoms with E-state index in [2.05, 4.69) is 42.3 Å². The molecule has 7 heteroatoms. The van der Waals surface area contributed by atoms with E-state index >= 15 is 0 Å². The van der Waals surface area contributed by atoms with E-state index < -0.39 is 11.7 Å². The normalized spacial score (nSPS) is 17.3. The maximum Gasteiger partial charge on any atom is 0.407 e. The number of hydrogen-bond acceptors (Lipinski definition) is 5. The highest BCUT2D eigenvalue weighted by molar-refractivity contribution is 5.77. The van der Waals surface area contributed by atoms with Crippen LogP contribution in [0.4, 0.5) is 4.79 Å². The summed E-state index contributed by atoms with van der Waals surface area (Å²) in [6, 6.07) is 7.12. The molecule has 1 atom stereocenters. The third kappa shape index (κ3) is 7.90. The molecular formula is C27H43N3O4. The molecule has 2 aliphatic heterocycles. The number of alkyl carbamates (subject to hydrolysis) is 1. The average Bonchev–Trinajstić information content (AvgIpc) is 3.24. The lowest BCUT2D eigenvalue weighted by Crippen LogP contribution is -2.44. The van der Waals surface area contributed by atoms with Crippen LogP contribution in [0.3, 0.4) is 0 Å². The molecule has 34 heavy (non-hydrogen) atoms. The Balaban J connectivity index is 1.38. The van der Waals surface area contributed by atoms with E-state index in [-0.39, 0.29) is 5.91 Å². The van der Waals surface area contributed by atoms with Crippen LogP contribution in [0.5, 0.6) is 5.75 Å². The quantitative estimate of drug-likeness (QED) is 0.586. The topological polar surface area (TPSA) is 71.1 Å². The van der Waals surface area contributed by atoms with Crippen molar-refractivity contribution in [2.45, 2.75) is 78.4 Å². The lowest BCUT2D eigenvalue weighted by Gasteiger charge is -2.37. The Morgan fingerprint density at radius 2 is 2.00 bits per heavy atom. The van der Waals surface area contributed by atoms with Gasteiger partial charge in [0, 0.05) is 45.1 Å². The lowest BCUT2D eigenvalue weighted by atomic mass is 9.94. The van der Waals surface area contributed by atoms with Gasteiger partial charge in [0.25, 0.3) is 0 Å². The van der Waals surface area contributed by atoms with Crippen molar-refractivity contribution in [2.75, 3.05) is 39.3 Å². The highest BCUT2D eigenvalue weighted by atomic mass is 16.6. The molecule has 1 saturated heterocycles. The number of likely N-dealkylation sites (tertiary alicyclic amines) is 1. The second-order valence-electron chi connectivity index (χ2n) is 10.7. The van der Waals surface area contributed by atoms with Crippen LogP contribution < -0.4 is 10.1 Å². The molecule has 0 spiro atoms. The zero-order chi connectivity index (χ0) is 24.7. The maximum atomic E-state index is 12.6. The minimum atomic E-state index is -0.532. The Kier molecular flexibility index (Phi) is 9.23. The zero-order valence-corrected chi connectivity index (χ0v) is 21.7. The van der Waals surface area contributed by atoms with Gasteiger partial charge in [0.15, 0.2) is 0 Å². The summed E-state index contributed by atoms with van der Waals surface area (Å²) in [7, 11) is 0. The van der Waals surface area contributed by atoms with Crippen LogP contribution in [0.15, 0.2) is 18.2 Å². The molecule has 0 saturated carbocycles. The Bertz CT molecular complexity index is 828. The monoisotopic (exact) mass is 473 g/mol. The number of carbonyl (C=O) groups excluding carboxylic acids is 2. The van der Waals surface area contributed by atoms with Gasteiger partial charge in [0.05, 0.1) is 6.61 Å². The van der Waals surface area contributed by atoms with Crippen LogP contribution in [0, 0.1) is 5.92 Å². The van der Waals surface area contributed by atoms with Crippen LogP contribution in [-0.2, 0) is 22.4 Å². The summed E-state index contributed by atoms with van der Waals surface area (Å²) in [5, 5.41) is 2.68. The molecule has 7 nitrogen and oxygen atoms in total. The van der Waals surface area contributed by atoms with Crippen molar-refractivity contribution in [2.24, 2.45) is 5.92 Å². The molecule has 0 unspecified atom stereocenters. The van der Waals surface area contributed by atoms with E-state index in [1.54, 1.807) is 0 Å². The molecule has 2 amide bonds. The SMILES string of the molecule is CCN(CC1CCN(C(=O)CCNC(=O)OC(C)(C)C)CC1)[C@@H](C)Cc1ccc2c(c1)CCO2. The molecule has 0 aliphatic carbocycles. The highest BCUT2D eigenvalue weighted by Gasteiger charge is 2.26. The smallest absolute Gasteiger partial charge is 0.407 e. The number of piperidine rings is 1. The first kappa shape index (κ1) is 26.3. The van der Waals surface area contributed by atoms with Crippen molar-refractivity contribution in [3.63, 3.8) is 0 Å². The van der Waals surface area contributed by atoms with Crippen LogP contribution in [-0.4, -0.2) is 72.8 Å². The number of fused-ring (bicyclic) bond motifs is 1. The van der Waals surface area contributed by atoms with Gasteiger partial charge in [-0.2, -0.15) is 0 Å². The summed E-state index contributed by atoms with van der Waals surface area (Å²) < 4.78 is 10.9. The fourth-order valence-corrected chi connectivity index (χ4v) is 4.90. The van der Waals surface area contributed by atoms with Crippen molar-refractivity contribution in [1.82, 2.24) is 15.1 Å². The summed E-state index contributed by atoms with van der Waals surface area (Å²) in [5.74, 6) is 1.77. The first-order chi connectivity index (χ1) is 16.1. The second-order valence-corrected chi connectivity index (χ2v) is 10.7. The summed E-state index contributed by atoms with van der Waals surface area (Å²) in [4.78, 5) is 28.8. The van der Waals surface area contributed by atoms with Crippen molar-refractivity contribution in [1.29, 1.82) is 0 Å². The fourth-order valence-electron chi connectivity index (χ4n) is 4.90. The molecule has 0 bridgehead atoms. The molecule has 190 valence electrons. The van der Waals surface area contributed by atoms with Gasteiger partial charge in [-0.15, -0.1) is 0 Å². The van der Waals surface area contributed by atoms with Crippen molar-refractivity contribution in [3.05, 3.63) is 29.3 Å². The van der Waals surface area contributed by atoms with Crippen LogP contribution in [0.2, 0.25) is 0 Å². The summed E-state index contributed by atoms with van der Waals surface area (Å²) in [6.45, 7) is 14.9. The predicted octanol–water partition coefficient (Wildman–Crippen LogP) is 4.03. The van der Waals surface area contributed by atoms with Gasteiger partial charge >= 0.3 is 6.09 Å². The second kappa shape index (κ2) is 11.9. The first-order valence-electron chi connectivity index (χ1n) is 12.9. The van der Waals surface area contributed by atoms with Crippen molar-refractivity contribution >= 4 is 12.0 Å². The largest absolute Gasteiger partial charge is 0.493 e. The van der Waals surface area contributed by atoms with E-state index in [9.17, 15) is 9.59 Å². The summed E-state index contributed by atoms with van der Waals surface area (Å²) in [6.07, 6.45) is 3.97. The van der Waals surface area contributed by atoms with Crippen LogP contribution in [0.25, 0.3) is 0 Å². The van der Waals surface area contributed by atoms with Gasteiger partial charge in [-0.25, -0.2) is 4.79 Å².